The highest BCUT2D eigenvalue weighted by Crippen LogP contribution is 2.23. The molecule has 11 heavy (non-hydrogen) atoms. The summed E-state index contributed by atoms with van der Waals surface area (Å²) in [5.74, 6) is 0.563. The molecule has 0 spiro atoms. The Morgan fingerprint density at radius 1 is 1.64 bits per heavy atom. The number of hydrogen-bond acceptors (Lipinski definition) is 3. The molecular weight excluding hydrogens is 158 g/mol. The number of aromatic nitrogens is 1. The van der Waals surface area contributed by atoms with E-state index in [1.165, 1.54) is 4.88 Å². The molecule has 0 aromatic carbocycles. The summed E-state index contributed by atoms with van der Waals surface area (Å²) in [5, 5.41) is 0. The van der Waals surface area contributed by atoms with Gasteiger partial charge in [-0.3, -0.25) is 0 Å². The second kappa shape index (κ2) is 3.83. The van der Waals surface area contributed by atoms with Crippen molar-refractivity contribution in [3.05, 3.63) is 16.1 Å². The van der Waals surface area contributed by atoms with E-state index in [2.05, 4.69) is 18.8 Å². The fourth-order valence-electron chi connectivity index (χ4n) is 0.993. The minimum absolute atomic E-state index is 0.563. The number of nitrogens with zero attached hydrogens (tertiary/aromatic N) is 1. The maximum atomic E-state index is 5.02. The predicted molar refractivity (Wildman–Crippen MR) is 46.9 cm³/mol. The lowest BCUT2D eigenvalue weighted by molar-refractivity contribution is 0.181. The van der Waals surface area contributed by atoms with Crippen molar-refractivity contribution in [2.24, 2.45) is 0 Å². The first-order valence-corrected chi connectivity index (χ1v) is 4.55. The van der Waals surface area contributed by atoms with Crippen molar-refractivity contribution in [2.45, 2.75) is 26.4 Å². The third-order valence-electron chi connectivity index (χ3n) is 1.48. The Morgan fingerprint density at radius 3 is 2.91 bits per heavy atom. The Hall–Kier alpha value is -0.410. The van der Waals surface area contributed by atoms with Crippen LogP contribution in [0, 0.1) is 0 Å². The van der Waals surface area contributed by atoms with Gasteiger partial charge in [-0.15, -0.1) is 11.3 Å². The number of thiazole rings is 1. The van der Waals surface area contributed by atoms with Gasteiger partial charge in [-0.05, 0) is 5.92 Å². The molecule has 0 unspecified atom stereocenters. The van der Waals surface area contributed by atoms with E-state index in [1.54, 1.807) is 18.4 Å². The molecule has 1 heterocycles. The molecule has 1 aromatic rings. The normalized spacial score (nSPS) is 10.9. The monoisotopic (exact) mass is 171 g/mol. The van der Waals surface area contributed by atoms with Crippen LogP contribution in [0.2, 0.25) is 0 Å². The highest BCUT2D eigenvalue weighted by molar-refractivity contribution is 7.09. The van der Waals surface area contributed by atoms with E-state index in [-0.39, 0.29) is 0 Å². The van der Waals surface area contributed by atoms with Gasteiger partial charge < -0.3 is 4.74 Å². The Bertz CT molecular complexity index is 220. The van der Waals surface area contributed by atoms with Crippen molar-refractivity contribution in [3.63, 3.8) is 0 Å². The van der Waals surface area contributed by atoms with Gasteiger partial charge in [0, 0.05) is 12.0 Å². The fourth-order valence-corrected chi connectivity index (χ4v) is 1.81. The summed E-state index contributed by atoms with van der Waals surface area (Å²) in [6.07, 6.45) is 0. The molecule has 0 saturated carbocycles. The molecule has 0 atom stereocenters. The second-order valence-corrected chi connectivity index (χ2v) is 3.64. The van der Waals surface area contributed by atoms with Crippen LogP contribution >= 0.6 is 11.3 Å². The van der Waals surface area contributed by atoms with Gasteiger partial charge in [-0.2, -0.15) is 0 Å². The molecule has 0 aliphatic heterocycles. The van der Waals surface area contributed by atoms with E-state index in [0.717, 1.165) is 5.69 Å². The first kappa shape index (κ1) is 8.68. The molecule has 0 aliphatic rings. The lowest BCUT2D eigenvalue weighted by Gasteiger charge is -2.03. The van der Waals surface area contributed by atoms with Gasteiger partial charge in [-0.1, -0.05) is 13.8 Å². The van der Waals surface area contributed by atoms with E-state index in [0.29, 0.717) is 12.5 Å². The Labute approximate surface area is 71.2 Å². The van der Waals surface area contributed by atoms with Crippen molar-refractivity contribution in [2.75, 3.05) is 7.11 Å². The van der Waals surface area contributed by atoms with E-state index in [1.807, 2.05) is 5.51 Å². The standard InChI is InChI=1S/C8H13NOS/c1-6(2)8-7(4-10-3)9-5-11-8/h5-6H,4H2,1-3H3. The third kappa shape index (κ3) is 2.01. The van der Waals surface area contributed by atoms with Crippen molar-refractivity contribution in [1.29, 1.82) is 0 Å². The number of ether oxygens (including phenoxy) is 1. The van der Waals surface area contributed by atoms with E-state index in [9.17, 15) is 0 Å². The van der Waals surface area contributed by atoms with E-state index < -0.39 is 0 Å². The topological polar surface area (TPSA) is 22.1 Å². The Morgan fingerprint density at radius 2 is 2.36 bits per heavy atom. The van der Waals surface area contributed by atoms with Crippen LogP contribution in [0.25, 0.3) is 0 Å². The van der Waals surface area contributed by atoms with Crippen LogP contribution in [0.1, 0.15) is 30.3 Å². The van der Waals surface area contributed by atoms with Crippen molar-refractivity contribution in [1.82, 2.24) is 4.98 Å². The molecule has 0 bridgehead atoms. The average Bonchev–Trinajstić information content (AvgIpc) is 2.36. The SMILES string of the molecule is COCc1ncsc1C(C)C. The van der Waals surface area contributed by atoms with Gasteiger partial charge in [0.05, 0.1) is 17.8 Å². The first-order valence-electron chi connectivity index (χ1n) is 3.67. The summed E-state index contributed by atoms with van der Waals surface area (Å²) in [5.41, 5.74) is 2.97. The van der Waals surface area contributed by atoms with Crippen molar-refractivity contribution >= 4 is 11.3 Å². The lowest BCUT2D eigenvalue weighted by Crippen LogP contribution is -1.94. The first-order chi connectivity index (χ1) is 5.25. The summed E-state index contributed by atoms with van der Waals surface area (Å²) < 4.78 is 5.02. The molecule has 1 aromatic heterocycles. The van der Waals surface area contributed by atoms with Crippen molar-refractivity contribution in [3.8, 4) is 0 Å². The molecule has 3 heteroatoms. The number of methoxy groups -OCH3 is 1. The van der Waals surface area contributed by atoms with Gasteiger partial charge in [0.1, 0.15) is 0 Å². The van der Waals surface area contributed by atoms with E-state index in [4.69, 9.17) is 4.74 Å². The largest absolute Gasteiger partial charge is 0.378 e. The number of hydrogen-bond donors (Lipinski definition) is 0. The zero-order valence-corrected chi connectivity index (χ0v) is 7.94. The summed E-state index contributed by atoms with van der Waals surface area (Å²) in [6, 6.07) is 0. The fraction of sp³-hybridized carbons (Fsp3) is 0.625. The molecule has 0 N–H and O–H groups in total. The second-order valence-electron chi connectivity index (χ2n) is 2.75. The summed E-state index contributed by atoms with van der Waals surface area (Å²) in [6.45, 7) is 4.98. The minimum Gasteiger partial charge on any atom is -0.378 e. The smallest absolute Gasteiger partial charge is 0.0895 e. The van der Waals surface area contributed by atoms with Gasteiger partial charge in [0.15, 0.2) is 0 Å². The van der Waals surface area contributed by atoms with Crippen LogP contribution in [0.5, 0.6) is 0 Å². The summed E-state index contributed by atoms with van der Waals surface area (Å²) in [7, 11) is 1.70. The van der Waals surface area contributed by atoms with Gasteiger partial charge >= 0.3 is 0 Å². The lowest BCUT2D eigenvalue weighted by atomic mass is 10.1. The zero-order chi connectivity index (χ0) is 8.27. The molecular formula is C8H13NOS. The minimum atomic E-state index is 0.563. The van der Waals surface area contributed by atoms with Crippen LogP contribution in [0.4, 0.5) is 0 Å². The quantitative estimate of drug-likeness (QED) is 0.696. The third-order valence-corrected chi connectivity index (χ3v) is 2.65. The highest BCUT2D eigenvalue weighted by atomic mass is 32.1. The molecule has 2 nitrogen and oxygen atoms in total. The molecule has 1 rings (SSSR count). The predicted octanol–water partition coefficient (Wildman–Crippen LogP) is 2.41. The van der Waals surface area contributed by atoms with Crippen LogP contribution < -0.4 is 0 Å². The van der Waals surface area contributed by atoms with Crippen molar-refractivity contribution < 1.29 is 4.74 Å². The summed E-state index contributed by atoms with van der Waals surface area (Å²) >= 11 is 1.71. The van der Waals surface area contributed by atoms with E-state index >= 15 is 0 Å². The van der Waals surface area contributed by atoms with Gasteiger partial charge in [0.25, 0.3) is 0 Å². The maximum Gasteiger partial charge on any atom is 0.0895 e. The van der Waals surface area contributed by atoms with Gasteiger partial charge in [-0.25, -0.2) is 4.98 Å². The average molecular weight is 171 g/mol. The molecule has 62 valence electrons. The van der Waals surface area contributed by atoms with Crippen LogP contribution in [-0.4, -0.2) is 12.1 Å². The van der Waals surface area contributed by atoms with Gasteiger partial charge in [0.2, 0.25) is 0 Å². The maximum absolute atomic E-state index is 5.02. The summed E-state index contributed by atoms with van der Waals surface area (Å²) in [4.78, 5) is 5.56. The molecule has 0 saturated heterocycles. The highest BCUT2D eigenvalue weighted by Gasteiger charge is 2.08. The van der Waals surface area contributed by atoms with Crippen LogP contribution in [0.15, 0.2) is 5.51 Å². The zero-order valence-electron chi connectivity index (χ0n) is 7.13. The number of rotatable bonds is 3. The molecule has 0 amide bonds. The van der Waals surface area contributed by atoms with Crippen LogP contribution in [-0.2, 0) is 11.3 Å². The molecule has 0 radical (unpaired) electrons. The van der Waals surface area contributed by atoms with Crippen LogP contribution in [0.3, 0.4) is 0 Å². The Balaban J connectivity index is 2.78. The molecule has 0 aliphatic carbocycles. The Kier molecular flexibility index (Phi) is 3.02. The molecule has 0 fully saturated rings.